The van der Waals surface area contributed by atoms with Crippen molar-refractivity contribution in [3.63, 3.8) is 0 Å². The second-order valence-corrected chi connectivity index (χ2v) is 4.95. The lowest BCUT2D eigenvalue weighted by atomic mass is 9.83. The van der Waals surface area contributed by atoms with Crippen molar-refractivity contribution in [1.82, 2.24) is 10.2 Å². The van der Waals surface area contributed by atoms with E-state index in [0.717, 1.165) is 18.9 Å². The second-order valence-electron chi connectivity index (χ2n) is 4.95. The fourth-order valence-corrected chi connectivity index (χ4v) is 2.34. The highest BCUT2D eigenvalue weighted by atomic mass is 16.2. The van der Waals surface area contributed by atoms with Crippen molar-refractivity contribution in [2.24, 2.45) is 5.92 Å². The van der Waals surface area contributed by atoms with Crippen molar-refractivity contribution in [1.29, 1.82) is 0 Å². The maximum atomic E-state index is 11.9. The summed E-state index contributed by atoms with van der Waals surface area (Å²) in [5.41, 5.74) is 0. The zero-order valence-corrected chi connectivity index (χ0v) is 9.87. The predicted molar refractivity (Wildman–Crippen MR) is 60.8 cm³/mol. The third-order valence-electron chi connectivity index (χ3n) is 3.70. The van der Waals surface area contributed by atoms with Crippen molar-refractivity contribution in [3.05, 3.63) is 0 Å². The van der Waals surface area contributed by atoms with Gasteiger partial charge < -0.3 is 10.2 Å². The Bertz CT molecular complexity index is 287. The van der Waals surface area contributed by atoms with Gasteiger partial charge in [0.05, 0.1) is 0 Å². The average Bonchev–Trinajstić information content (AvgIpc) is 2.29. The minimum absolute atomic E-state index is 0.00741. The molecule has 2 amide bonds. The molecule has 1 saturated heterocycles. The van der Waals surface area contributed by atoms with Crippen molar-refractivity contribution < 1.29 is 9.59 Å². The molecule has 16 heavy (non-hydrogen) atoms. The van der Waals surface area contributed by atoms with E-state index < -0.39 is 0 Å². The molecule has 1 unspecified atom stereocenters. The maximum Gasteiger partial charge on any atom is 0.244 e. The number of carbonyl (C=O) groups is 2. The fourth-order valence-electron chi connectivity index (χ4n) is 2.34. The summed E-state index contributed by atoms with van der Waals surface area (Å²) in [7, 11) is 0. The number of carbonyl (C=O) groups excluding carboxylic acids is 2. The van der Waals surface area contributed by atoms with E-state index in [4.69, 9.17) is 0 Å². The largest absolute Gasteiger partial charge is 0.345 e. The Morgan fingerprint density at radius 1 is 1.38 bits per heavy atom. The molecule has 4 heteroatoms. The van der Waals surface area contributed by atoms with E-state index in [0.29, 0.717) is 13.0 Å². The van der Waals surface area contributed by atoms with E-state index >= 15 is 0 Å². The van der Waals surface area contributed by atoms with Gasteiger partial charge in [-0.25, -0.2) is 0 Å². The Balaban J connectivity index is 1.85. The van der Waals surface area contributed by atoms with E-state index in [2.05, 4.69) is 5.32 Å². The number of amides is 2. The summed E-state index contributed by atoms with van der Waals surface area (Å²) in [5, 5.41) is 2.71. The number of rotatable bonds is 3. The minimum Gasteiger partial charge on any atom is -0.345 e. The summed E-state index contributed by atoms with van der Waals surface area (Å²) >= 11 is 0. The fraction of sp³-hybridized carbons (Fsp3) is 0.833. The summed E-state index contributed by atoms with van der Waals surface area (Å²) in [5.74, 6) is 0.882. The average molecular weight is 224 g/mol. The summed E-state index contributed by atoms with van der Waals surface area (Å²) in [4.78, 5) is 25.1. The van der Waals surface area contributed by atoms with E-state index in [9.17, 15) is 9.59 Å². The van der Waals surface area contributed by atoms with E-state index in [1.54, 1.807) is 6.92 Å². The molecular formula is C12H20N2O2. The molecule has 0 radical (unpaired) electrons. The van der Waals surface area contributed by atoms with Crippen LogP contribution >= 0.6 is 0 Å². The van der Waals surface area contributed by atoms with Gasteiger partial charge in [-0.05, 0) is 19.3 Å². The van der Waals surface area contributed by atoms with E-state index in [1.807, 2.05) is 4.90 Å². The van der Waals surface area contributed by atoms with Crippen molar-refractivity contribution in [2.45, 2.75) is 45.1 Å². The van der Waals surface area contributed by atoms with Crippen molar-refractivity contribution >= 4 is 11.8 Å². The smallest absolute Gasteiger partial charge is 0.244 e. The van der Waals surface area contributed by atoms with Crippen LogP contribution in [0.1, 0.15) is 39.0 Å². The highest BCUT2D eigenvalue weighted by Gasteiger charge is 2.27. The Hall–Kier alpha value is -1.06. The first-order chi connectivity index (χ1) is 7.66. The molecule has 1 N–H and O–H groups in total. The monoisotopic (exact) mass is 224 g/mol. The van der Waals surface area contributed by atoms with Crippen LogP contribution in [0.2, 0.25) is 0 Å². The molecule has 1 aliphatic heterocycles. The van der Waals surface area contributed by atoms with Crippen LogP contribution in [0.4, 0.5) is 0 Å². The second kappa shape index (κ2) is 4.85. The highest BCUT2D eigenvalue weighted by molar-refractivity contribution is 5.89. The van der Waals surface area contributed by atoms with Crippen LogP contribution in [0.15, 0.2) is 0 Å². The SMILES string of the molecule is CC1NC(=O)CCN(CCC2CCC2)C1=O. The number of hydrogen-bond donors (Lipinski definition) is 1. The molecule has 4 nitrogen and oxygen atoms in total. The number of nitrogens with zero attached hydrogens (tertiary/aromatic N) is 1. The van der Waals surface area contributed by atoms with Gasteiger partial charge in [0.15, 0.2) is 0 Å². The molecule has 0 spiro atoms. The molecule has 1 aliphatic carbocycles. The lowest BCUT2D eigenvalue weighted by molar-refractivity contribution is -0.133. The van der Waals surface area contributed by atoms with Crippen LogP contribution in [0.3, 0.4) is 0 Å². The third-order valence-corrected chi connectivity index (χ3v) is 3.70. The van der Waals surface area contributed by atoms with Gasteiger partial charge >= 0.3 is 0 Å². The molecule has 0 aromatic heterocycles. The maximum absolute atomic E-state index is 11.9. The zero-order valence-electron chi connectivity index (χ0n) is 9.87. The topological polar surface area (TPSA) is 49.4 Å². The Morgan fingerprint density at radius 2 is 2.12 bits per heavy atom. The molecule has 1 heterocycles. The molecule has 1 atom stereocenters. The van der Waals surface area contributed by atoms with Crippen LogP contribution in [-0.4, -0.2) is 35.8 Å². The van der Waals surface area contributed by atoms with E-state index in [1.165, 1.54) is 19.3 Å². The molecule has 1 saturated carbocycles. The quantitative estimate of drug-likeness (QED) is 0.774. The first-order valence-corrected chi connectivity index (χ1v) is 6.25. The van der Waals surface area contributed by atoms with Crippen LogP contribution < -0.4 is 5.32 Å². The summed E-state index contributed by atoms with van der Waals surface area (Å²) in [6.45, 7) is 3.17. The molecule has 2 rings (SSSR count). The van der Waals surface area contributed by atoms with E-state index in [-0.39, 0.29) is 17.9 Å². The van der Waals surface area contributed by atoms with Crippen molar-refractivity contribution in [2.75, 3.05) is 13.1 Å². The summed E-state index contributed by atoms with van der Waals surface area (Å²) in [6, 6.07) is -0.351. The van der Waals surface area contributed by atoms with Crippen LogP contribution in [0.5, 0.6) is 0 Å². The van der Waals surface area contributed by atoms with Gasteiger partial charge in [-0.15, -0.1) is 0 Å². The van der Waals surface area contributed by atoms with Crippen LogP contribution in [0, 0.1) is 5.92 Å². The van der Waals surface area contributed by atoms with Gasteiger partial charge in [-0.2, -0.15) is 0 Å². The lowest BCUT2D eigenvalue weighted by Crippen LogP contribution is -2.43. The Morgan fingerprint density at radius 3 is 2.75 bits per heavy atom. The molecule has 90 valence electrons. The van der Waals surface area contributed by atoms with Gasteiger partial charge in [0.2, 0.25) is 11.8 Å². The highest BCUT2D eigenvalue weighted by Crippen LogP contribution is 2.29. The number of nitrogens with one attached hydrogen (secondary N) is 1. The molecule has 2 fully saturated rings. The van der Waals surface area contributed by atoms with Gasteiger partial charge in [0.1, 0.15) is 6.04 Å². The molecular weight excluding hydrogens is 204 g/mol. The third kappa shape index (κ3) is 2.54. The molecule has 2 aliphatic rings. The lowest BCUT2D eigenvalue weighted by Gasteiger charge is -2.29. The first-order valence-electron chi connectivity index (χ1n) is 6.25. The standard InChI is InChI=1S/C12H20N2O2/c1-9-12(16)14(8-6-11(15)13-9)7-5-10-3-2-4-10/h9-10H,2-8H2,1H3,(H,13,15). The molecule has 0 aromatic rings. The Kier molecular flexibility index (Phi) is 3.46. The number of hydrogen-bond acceptors (Lipinski definition) is 2. The predicted octanol–water partition coefficient (Wildman–Crippen LogP) is 0.914. The normalized spacial score (nSPS) is 27.3. The molecule has 0 bridgehead atoms. The summed E-state index contributed by atoms with van der Waals surface area (Å²) in [6.07, 6.45) is 5.52. The van der Waals surface area contributed by atoms with Gasteiger partial charge in [0.25, 0.3) is 0 Å². The summed E-state index contributed by atoms with van der Waals surface area (Å²) < 4.78 is 0. The van der Waals surface area contributed by atoms with Gasteiger partial charge in [-0.3, -0.25) is 9.59 Å². The van der Waals surface area contributed by atoms with Gasteiger partial charge in [-0.1, -0.05) is 19.3 Å². The van der Waals surface area contributed by atoms with Crippen molar-refractivity contribution in [3.8, 4) is 0 Å². The molecule has 0 aromatic carbocycles. The Labute approximate surface area is 96.4 Å². The van der Waals surface area contributed by atoms with Crippen LogP contribution in [0.25, 0.3) is 0 Å². The van der Waals surface area contributed by atoms with Gasteiger partial charge in [0, 0.05) is 19.5 Å². The minimum atomic E-state index is -0.351. The van der Waals surface area contributed by atoms with Crippen LogP contribution in [-0.2, 0) is 9.59 Å². The zero-order chi connectivity index (χ0) is 11.5. The first kappa shape index (κ1) is 11.4.